The van der Waals surface area contributed by atoms with Gasteiger partial charge in [-0.1, -0.05) is 11.3 Å². The van der Waals surface area contributed by atoms with Gasteiger partial charge in [0.15, 0.2) is 0 Å². The number of hydrogen-bond acceptors (Lipinski definition) is 5. The highest BCUT2D eigenvalue weighted by Gasteiger charge is 2.19. The Morgan fingerprint density at radius 1 is 1.61 bits per heavy atom. The summed E-state index contributed by atoms with van der Waals surface area (Å²) >= 11 is 4.94. The number of thiazole rings is 1. The van der Waals surface area contributed by atoms with E-state index in [1.807, 2.05) is 0 Å². The Bertz CT molecular complexity index is 494. The van der Waals surface area contributed by atoms with Crippen LogP contribution in [0.2, 0.25) is 0 Å². The average molecular weight is 290 g/mol. The van der Waals surface area contributed by atoms with Crippen LogP contribution in [0.4, 0.5) is 0 Å². The maximum absolute atomic E-state index is 11.7. The lowest BCUT2D eigenvalue weighted by molar-refractivity contribution is -0.141. The summed E-state index contributed by atoms with van der Waals surface area (Å²) in [6, 6.07) is -0.968. The fraction of sp³-hybridized carbons (Fsp3) is 0.500. The first-order chi connectivity index (χ1) is 8.45. The molecule has 1 amide bonds. The first kappa shape index (κ1) is 14.8. The van der Waals surface area contributed by atoms with E-state index in [4.69, 9.17) is 5.11 Å². The molecule has 0 saturated carbocycles. The van der Waals surface area contributed by atoms with Crippen LogP contribution >= 0.6 is 24.0 Å². The van der Waals surface area contributed by atoms with Crippen molar-refractivity contribution in [3.05, 3.63) is 20.7 Å². The highest BCUT2D eigenvalue weighted by atomic mass is 32.1. The number of carbonyl (C=O) groups is 2. The summed E-state index contributed by atoms with van der Waals surface area (Å²) in [5, 5.41) is 12.9. The topological polar surface area (TPSA) is 88.4 Å². The molecule has 0 aromatic carbocycles. The largest absolute Gasteiger partial charge is 0.480 e. The van der Waals surface area contributed by atoms with Crippen LogP contribution in [0, 0.1) is 6.92 Å². The van der Waals surface area contributed by atoms with Gasteiger partial charge in [-0.25, -0.2) is 4.79 Å². The highest BCUT2D eigenvalue weighted by molar-refractivity contribution is 7.80. The zero-order chi connectivity index (χ0) is 13.7. The summed E-state index contributed by atoms with van der Waals surface area (Å²) in [5.74, 6) is -1.24. The van der Waals surface area contributed by atoms with E-state index in [-0.39, 0.29) is 17.8 Å². The number of aromatic nitrogens is 1. The Hall–Kier alpha value is -1.28. The minimum absolute atomic E-state index is 0.162. The van der Waals surface area contributed by atoms with Crippen LogP contribution in [-0.2, 0) is 16.1 Å². The molecule has 2 N–H and O–H groups in total. The molecule has 100 valence electrons. The lowest BCUT2D eigenvalue weighted by Crippen LogP contribution is -2.43. The molecule has 0 radical (unpaired) electrons. The fourth-order valence-electron chi connectivity index (χ4n) is 1.37. The van der Waals surface area contributed by atoms with Crippen molar-refractivity contribution in [2.75, 3.05) is 5.75 Å². The highest BCUT2D eigenvalue weighted by Crippen LogP contribution is 2.00. The van der Waals surface area contributed by atoms with Crippen LogP contribution in [0.3, 0.4) is 0 Å². The molecule has 1 atom stereocenters. The number of nitrogens with one attached hydrogen (secondary N) is 1. The second-order valence-corrected chi connectivity index (χ2v) is 4.97. The second kappa shape index (κ2) is 6.60. The molecule has 1 aromatic rings. The van der Waals surface area contributed by atoms with E-state index in [0.29, 0.717) is 11.4 Å². The van der Waals surface area contributed by atoms with Crippen LogP contribution in [0.25, 0.3) is 0 Å². The zero-order valence-corrected chi connectivity index (χ0v) is 11.5. The first-order valence-electron chi connectivity index (χ1n) is 5.23. The molecule has 6 nitrogen and oxygen atoms in total. The number of nitrogens with zero attached hydrogens (tertiary/aromatic N) is 1. The number of carboxylic acids is 1. The van der Waals surface area contributed by atoms with Crippen molar-refractivity contribution in [2.45, 2.75) is 25.9 Å². The van der Waals surface area contributed by atoms with Crippen LogP contribution < -0.4 is 10.2 Å². The smallest absolute Gasteiger partial charge is 0.326 e. The normalized spacial score (nSPS) is 12.1. The number of aryl methyl sites for hydroxylation is 1. The van der Waals surface area contributed by atoms with E-state index in [2.05, 4.69) is 17.9 Å². The fourth-order valence-corrected chi connectivity index (χ4v) is 2.36. The summed E-state index contributed by atoms with van der Waals surface area (Å²) in [4.78, 5) is 33.7. The SMILES string of the molecule is Cc1csc(=O)n1CC(=O)NC(CCS)C(=O)O. The van der Waals surface area contributed by atoms with Crippen molar-refractivity contribution in [1.29, 1.82) is 0 Å². The monoisotopic (exact) mass is 290 g/mol. The maximum atomic E-state index is 11.7. The lowest BCUT2D eigenvalue weighted by Gasteiger charge is -2.13. The van der Waals surface area contributed by atoms with Gasteiger partial charge in [-0.05, 0) is 19.1 Å². The average Bonchev–Trinajstić information content (AvgIpc) is 2.60. The molecule has 18 heavy (non-hydrogen) atoms. The van der Waals surface area contributed by atoms with Crippen LogP contribution in [-0.4, -0.2) is 33.3 Å². The van der Waals surface area contributed by atoms with E-state index in [1.165, 1.54) is 4.57 Å². The van der Waals surface area contributed by atoms with Gasteiger partial charge in [0.2, 0.25) is 5.91 Å². The number of rotatable bonds is 6. The molecular weight excluding hydrogens is 276 g/mol. The van der Waals surface area contributed by atoms with Crippen molar-refractivity contribution in [2.24, 2.45) is 0 Å². The molecule has 0 aliphatic rings. The predicted molar refractivity (Wildman–Crippen MR) is 71.4 cm³/mol. The lowest BCUT2D eigenvalue weighted by atomic mass is 10.2. The summed E-state index contributed by atoms with van der Waals surface area (Å²) in [6.07, 6.45) is 0.238. The van der Waals surface area contributed by atoms with E-state index in [1.54, 1.807) is 12.3 Å². The van der Waals surface area contributed by atoms with Gasteiger partial charge in [0.1, 0.15) is 12.6 Å². The maximum Gasteiger partial charge on any atom is 0.326 e. The van der Waals surface area contributed by atoms with E-state index >= 15 is 0 Å². The Balaban J connectivity index is 2.66. The molecule has 0 saturated heterocycles. The molecule has 1 unspecified atom stereocenters. The molecule has 0 aliphatic carbocycles. The van der Waals surface area contributed by atoms with Gasteiger partial charge in [-0.3, -0.25) is 14.2 Å². The Morgan fingerprint density at radius 3 is 2.72 bits per heavy atom. The molecule has 1 heterocycles. The van der Waals surface area contributed by atoms with Gasteiger partial charge in [0.25, 0.3) is 0 Å². The molecule has 1 aromatic heterocycles. The molecule has 0 aliphatic heterocycles. The Kier molecular flexibility index (Phi) is 5.42. The summed E-state index contributed by atoms with van der Waals surface area (Å²) in [6.45, 7) is 1.55. The number of carboxylic acid groups (broad SMARTS) is 1. The predicted octanol–water partition coefficient (Wildman–Crippen LogP) is 0.108. The van der Waals surface area contributed by atoms with Gasteiger partial charge in [-0.2, -0.15) is 12.6 Å². The van der Waals surface area contributed by atoms with Crippen molar-refractivity contribution >= 4 is 35.8 Å². The third-order valence-electron chi connectivity index (χ3n) is 2.33. The quantitative estimate of drug-likeness (QED) is 0.649. The molecule has 0 fully saturated rings. The number of hydrogen-bond donors (Lipinski definition) is 3. The summed E-state index contributed by atoms with van der Waals surface area (Å²) < 4.78 is 1.31. The van der Waals surface area contributed by atoms with Crippen LogP contribution in [0.5, 0.6) is 0 Å². The molecule has 0 bridgehead atoms. The number of aliphatic carboxylic acids is 1. The van der Waals surface area contributed by atoms with Gasteiger partial charge < -0.3 is 10.4 Å². The van der Waals surface area contributed by atoms with Gasteiger partial charge >= 0.3 is 10.8 Å². The number of amides is 1. The molecule has 0 spiro atoms. The second-order valence-electron chi connectivity index (χ2n) is 3.70. The third-order valence-corrected chi connectivity index (χ3v) is 3.47. The minimum Gasteiger partial charge on any atom is -0.480 e. The molecule has 8 heteroatoms. The number of carbonyl (C=O) groups excluding carboxylic acids is 1. The van der Waals surface area contributed by atoms with E-state index < -0.39 is 17.9 Å². The summed E-state index contributed by atoms with van der Waals surface area (Å²) in [7, 11) is 0. The van der Waals surface area contributed by atoms with Crippen molar-refractivity contribution < 1.29 is 14.7 Å². The zero-order valence-electron chi connectivity index (χ0n) is 9.75. The summed E-state index contributed by atoms with van der Waals surface area (Å²) in [5.41, 5.74) is 0.682. The first-order valence-corrected chi connectivity index (χ1v) is 6.75. The van der Waals surface area contributed by atoms with E-state index in [9.17, 15) is 14.4 Å². The van der Waals surface area contributed by atoms with Gasteiger partial charge in [0, 0.05) is 11.1 Å². The van der Waals surface area contributed by atoms with Gasteiger partial charge in [0.05, 0.1) is 0 Å². The standard InChI is InChI=1S/C10H14N2O4S2/c1-6-5-18-10(16)12(6)4-8(13)11-7(2-3-17)9(14)15/h5,7,17H,2-4H2,1H3,(H,11,13)(H,14,15). The molecular formula is C10H14N2O4S2. The van der Waals surface area contributed by atoms with Crippen molar-refractivity contribution in [1.82, 2.24) is 9.88 Å². The van der Waals surface area contributed by atoms with E-state index in [0.717, 1.165) is 11.3 Å². The van der Waals surface area contributed by atoms with Crippen LogP contribution in [0.1, 0.15) is 12.1 Å². The molecule has 1 rings (SSSR count). The Labute approximate surface area is 113 Å². The van der Waals surface area contributed by atoms with Crippen molar-refractivity contribution in [3.63, 3.8) is 0 Å². The third kappa shape index (κ3) is 3.88. The van der Waals surface area contributed by atoms with Crippen molar-refractivity contribution in [3.8, 4) is 0 Å². The van der Waals surface area contributed by atoms with Crippen LogP contribution in [0.15, 0.2) is 10.2 Å². The minimum atomic E-state index is -1.10. The Morgan fingerprint density at radius 2 is 2.28 bits per heavy atom. The number of thiol groups is 1. The van der Waals surface area contributed by atoms with Gasteiger partial charge in [-0.15, -0.1) is 0 Å².